The van der Waals surface area contributed by atoms with Crippen molar-refractivity contribution in [3.8, 4) is 0 Å². The zero-order chi connectivity index (χ0) is 7.72. The van der Waals surface area contributed by atoms with E-state index in [1.54, 1.807) is 0 Å². The molecule has 0 unspecified atom stereocenters. The van der Waals surface area contributed by atoms with Crippen molar-refractivity contribution in [1.82, 2.24) is 4.98 Å². The van der Waals surface area contributed by atoms with Crippen LogP contribution < -0.4 is 4.57 Å². The summed E-state index contributed by atoms with van der Waals surface area (Å²) in [5, 5.41) is 0. The number of aromatic nitrogens is 2. The fourth-order valence-corrected chi connectivity index (χ4v) is 1.01. The Kier molecular flexibility index (Phi) is 1.70. The van der Waals surface area contributed by atoms with Crippen LogP contribution in [-0.4, -0.2) is 4.98 Å². The number of rotatable bonds is 0. The molecule has 0 atom stereocenters. The SMILES string of the molecule is Cc1c[n+](C)c(C)c(C)n1. The highest BCUT2D eigenvalue weighted by atomic mass is 15.0. The molecule has 0 amide bonds. The zero-order valence-electron chi connectivity index (χ0n) is 6.97. The van der Waals surface area contributed by atoms with Gasteiger partial charge in [-0.3, -0.25) is 0 Å². The fourth-order valence-electron chi connectivity index (χ4n) is 1.01. The minimum Gasteiger partial charge on any atom is -0.246 e. The Hall–Kier alpha value is -0.920. The van der Waals surface area contributed by atoms with Crippen molar-refractivity contribution in [2.75, 3.05) is 0 Å². The molecule has 0 radical (unpaired) electrons. The summed E-state index contributed by atoms with van der Waals surface area (Å²) >= 11 is 0. The van der Waals surface area contributed by atoms with Crippen molar-refractivity contribution in [3.05, 3.63) is 23.3 Å². The molecular weight excluding hydrogens is 124 g/mol. The Bertz CT molecular complexity index is 230. The predicted molar refractivity (Wildman–Crippen MR) is 39.6 cm³/mol. The van der Waals surface area contributed by atoms with Gasteiger partial charge in [0, 0.05) is 6.92 Å². The predicted octanol–water partition coefficient (Wildman–Crippen LogP) is 0.831. The summed E-state index contributed by atoms with van der Waals surface area (Å²) < 4.78 is 2.09. The quantitative estimate of drug-likeness (QED) is 0.484. The third-order valence-electron chi connectivity index (χ3n) is 1.78. The summed E-state index contributed by atoms with van der Waals surface area (Å²) in [5.74, 6) is 0. The zero-order valence-corrected chi connectivity index (χ0v) is 6.97. The van der Waals surface area contributed by atoms with Gasteiger partial charge in [0.05, 0.1) is 0 Å². The lowest BCUT2D eigenvalue weighted by Crippen LogP contribution is -2.33. The first-order chi connectivity index (χ1) is 4.61. The minimum absolute atomic E-state index is 1.07. The molecule has 0 saturated carbocycles. The van der Waals surface area contributed by atoms with Crippen LogP contribution in [0.3, 0.4) is 0 Å². The first kappa shape index (κ1) is 7.19. The van der Waals surface area contributed by atoms with Gasteiger partial charge in [-0.2, -0.15) is 0 Å². The number of nitrogens with zero attached hydrogens (tertiary/aromatic N) is 2. The fraction of sp³-hybridized carbons (Fsp3) is 0.500. The van der Waals surface area contributed by atoms with E-state index in [9.17, 15) is 0 Å². The molecule has 2 nitrogen and oxygen atoms in total. The Morgan fingerprint density at radius 3 is 2.40 bits per heavy atom. The van der Waals surface area contributed by atoms with Gasteiger partial charge < -0.3 is 0 Å². The molecule has 1 rings (SSSR count). The molecule has 2 heteroatoms. The topological polar surface area (TPSA) is 16.8 Å². The van der Waals surface area contributed by atoms with Gasteiger partial charge in [-0.05, 0) is 13.8 Å². The summed E-state index contributed by atoms with van der Waals surface area (Å²) in [5.41, 5.74) is 3.42. The van der Waals surface area contributed by atoms with Gasteiger partial charge in [-0.25, -0.2) is 9.55 Å². The van der Waals surface area contributed by atoms with E-state index in [1.165, 1.54) is 5.69 Å². The summed E-state index contributed by atoms with van der Waals surface area (Å²) in [7, 11) is 2.04. The number of hydrogen-bond acceptors (Lipinski definition) is 1. The van der Waals surface area contributed by atoms with Gasteiger partial charge in [-0.1, -0.05) is 0 Å². The molecule has 0 bridgehead atoms. The van der Waals surface area contributed by atoms with Crippen LogP contribution in [0.25, 0.3) is 0 Å². The van der Waals surface area contributed by atoms with Crippen LogP contribution >= 0.6 is 0 Å². The highest BCUT2D eigenvalue weighted by Crippen LogP contribution is 1.96. The van der Waals surface area contributed by atoms with E-state index >= 15 is 0 Å². The maximum atomic E-state index is 4.31. The maximum absolute atomic E-state index is 4.31. The summed E-state index contributed by atoms with van der Waals surface area (Å²) in [6.45, 7) is 6.11. The number of hydrogen-bond donors (Lipinski definition) is 0. The van der Waals surface area contributed by atoms with E-state index in [4.69, 9.17) is 0 Å². The largest absolute Gasteiger partial charge is 0.246 e. The molecule has 0 N–H and O–H groups in total. The third kappa shape index (κ3) is 1.15. The first-order valence-electron chi connectivity index (χ1n) is 3.41. The standard InChI is InChI=1S/C8H13N2/c1-6-5-10(4)8(3)7(2)9-6/h5H,1-4H3/q+1. The van der Waals surface area contributed by atoms with Gasteiger partial charge in [-0.15, -0.1) is 0 Å². The second-order valence-corrected chi connectivity index (χ2v) is 2.66. The van der Waals surface area contributed by atoms with Crippen LogP contribution in [0, 0.1) is 20.8 Å². The van der Waals surface area contributed by atoms with Gasteiger partial charge >= 0.3 is 0 Å². The average Bonchev–Trinajstić information content (AvgIpc) is 1.82. The van der Waals surface area contributed by atoms with E-state index in [-0.39, 0.29) is 0 Å². The average molecular weight is 137 g/mol. The second-order valence-electron chi connectivity index (χ2n) is 2.66. The molecule has 0 aliphatic carbocycles. The molecule has 0 aliphatic heterocycles. The normalized spacial score (nSPS) is 10.0. The van der Waals surface area contributed by atoms with Crippen LogP contribution in [0.4, 0.5) is 0 Å². The van der Waals surface area contributed by atoms with Crippen molar-refractivity contribution in [2.45, 2.75) is 20.8 Å². The lowest BCUT2D eigenvalue weighted by Gasteiger charge is -1.97. The van der Waals surface area contributed by atoms with E-state index in [1.807, 2.05) is 27.1 Å². The van der Waals surface area contributed by atoms with Crippen molar-refractivity contribution < 1.29 is 4.57 Å². The van der Waals surface area contributed by atoms with E-state index in [0.29, 0.717) is 0 Å². The van der Waals surface area contributed by atoms with E-state index < -0.39 is 0 Å². The Morgan fingerprint density at radius 1 is 1.30 bits per heavy atom. The molecule has 1 aromatic heterocycles. The van der Waals surface area contributed by atoms with Crippen molar-refractivity contribution in [3.63, 3.8) is 0 Å². The maximum Gasteiger partial charge on any atom is 0.199 e. The van der Waals surface area contributed by atoms with Gasteiger partial charge in [0.15, 0.2) is 11.9 Å². The lowest BCUT2D eigenvalue weighted by molar-refractivity contribution is -0.678. The lowest BCUT2D eigenvalue weighted by atomic mass is 10.3. The van der Waals surface area contributed by atoms with Gasteiger partial charge in [0.2, 0.25) is 0 Å². The molecule has 0 spiro atoms. The highest BCUT2D eigenvalue weighted by Gasteiger charge is 2.05. The summed E-state index contributed by atoms with van der Waals surface area (Å²) in [4.78, 5) is 4.31. The van der Waals surface area contributed by atoms with Crippen molar-refractivity contribution in [1.29, 1.82) is 0 Å². The molecule has 1 heterocycles. The molecular formula is C8H13N2+. The smallest absolute Gasteiger partial charge is 0.199 e. The van der Waals surface area contributed by atoms with Crippen LogP contribution in [0.5, 0.6) is 0 Å². The molecule has 0 fully saturated rings. The van der Waals surface area contributed by atoms with Crippen LogP contribution in [0.15, 0.2) is 6.20 Å². The summed E-state index contributed by atoms with van der Waals surface area (Å²) in [6, 6.07) is 0. The van der Waals surface area contributed by atoms with E-state index in [2.05, 4.69) is 16.5 Å². The third-order valence-corrected chi connectivity index (χ3v) is 1.78. The molecule has 1 aromatic rings. The van der Waals surface area contributed by atoms with Crippen LogP contribution in [-0.2, 0) is 7.05 Å². The minimum atomic E-state index is 1.07. The Morgan fingerprint density at radius 2 is 1.90 bits per heavy atom. The van der Waals surface area contributed by atoms with Crippen molar-refractivity contribution in [2.24, 2.45) is 7.05 Å². The Labute approximate surface area is 61.5 Å². The molecule has 0 aromatic carbocycles. The van der Waals surface area contributed by atoms with E-state index in [0.717, 1.165) is 11.4 Å². The van der Waals surface area contributed by atoms with Gasteiger partial charge in [0.25, 0.3) is 0 Å². The molecule has 10 heavy (non-hydrogen) atoms. The second kappa shape index (κ2) is 2.37. The molecule has 0 saturated heterocycles. The van der Waals surface area contributed by atoms with Crippen molar-refractivity contribution >= 4 is 0 Å². The van der Waals surface area contributed by atoms with Gasteiger partial charge in [0.1, 0.15) is 18.4 Å². The molecule has 0 aliphatic rings. The van der Waals surface area contributed by atoms with Crippen LogP contribution in [0.2, 0.25) is 0 Å². The summed E-state index contributed by atoms with van der Waals surface area (Å²) in [6.07, 6.45) is 2.03. The molecule has 54 valence electrons. The van der Waals surface area contributed by atoms with Crippen LogP contribution in [0.1, 0.15) is 17.1 Å². The number of aryl methyl sites for hydroxylation is 3. The Balaban J connectivity index is 3.31. The highest BCUT2D eigenvalue weighted by molar-refractivity contribution is 5.03. The first-order valence-corrected chi connectivity index (χ1v) is 3.41. The monoisotopic (exact) mass is 137 g/mol.